The first-order chi connectivity index (χ1) is 16.8. The first-order valence-corrected chi connectivity index (χ1v) is 11.6. The lowest BCUT2D eigenvalue weighted by molar-refractivity contribution is -0.144. The van der Waals surface area contributed by atoms with Gasteiger partial charge < -0.3 is 19.8 Å². The number of carbonyl (C=O) groups excluding carboxylic acids is 3. The van der Waals surface area contributed by atoms with Gasteiger partial charge in [0.15, 0.2) is 0 Å². The van der Waals surface area contributed by atoms with E-state index in [2.05, 4.69) is 25.8 Å². The summed E-state index contributed by atoms with van der Waals surface area (Å²) in [4.78, 5) is 41.2. The van der Waals surface area contributed by atoms with Crippen molar-refractivity contribution < 1.29 is 23.5 Å². The molecule has 184 valence electrons. The predicted molar refractivity (Wildman–Crippen MR) is 127 cm³/mol. The first-order valence-electron chi connectivity index (χ1n) is 11.6. The number of rotatable bonds is 9. The average Bonchev–Trinajstić information content (AvgIpc) is 3.37. The fraction of sp³-hybridized carbons (Fsp3) is 0.400. The standard InChI is InChI=1S/C25H29N5O5/c1-13(2)21(25(33)34-4)28-23(32)20-12-26-24(35-20)17-7-5-6-16(10-17)18-11-19(30-29-18)22(31)27-14(3)15-8-9-15/h5-7,10-15,21H,8-9H2,1-4H3,(H,27,31)(H,28,32)(H,29,30)/t14-,21+/m1/s1. The molecule has 1 aliphatic carbocycles. The molecule has 2 amide bonds. The second-order valence-corrected chi connectivity index (χ2v) is 9.10. The normalized spacial score (nSPS) is 14.9. The number of benzene rings is 1. The van der Waals surface area contributed by atoms with Gasteiger partial charge in [-0.2, -0.15) is 5.10 Å². The molecule has 0 unspecified atom stereocenters. The Labute approximate surface area is 202 Å². The van der Waals surface area contributed by atoms with E-state index in [0.29, 0.717) is 22.9 Å². The minimum absolute atomic E-state index is 0.0246. The summed E-state index contributed by atoms with van der Waals surface area (Å²) >= 11 is 0. The fourth-order valence-electron chi connectivity index (χ4n) is 3.75. The lowest BCUT2D eigenvalue weighted by atomic mass is 10.0. The van der Waals surface area contributed by atoms with Crippen LogP contribution in [0.5, 0.6) is 0 Å². The zero-order valence-electron chi connectivity index (χ0n) is 20.1. The lowest BCUT2D eigenvalue weighted by Crippen LogP contribution is -2.44. The Morgan fingerprint density at radius 1 is 1.09 bits per heavy atom. The monoisotopic (exact) mass is 479 g/mol. The second-order valence-electron chi connectivity index (χ2n) is 9.10. The first kappa shape index (κ1) is 24.2. The zero-order chi connectivity index (χ0) is 25.1. The molecular formula is C25H29N5O5. The van der Waals surface area contributed by atoms with Gasteiger partial charge in [0, 0.05) is 17.2 Å². The molecule has 0 bridgehead atoms. The van der Waals surface area contributed by atoms with Crippen LogP contribution < -0.4 is 10.6 Å². The average molecular weight is 480 g/mol. The molecule has 1 saturated carbocycles. The minimum Gasteiger partial charge on any atom is -0.467 e. The molecule has 0 spiro atoms. The summed E-state index contributed by atoms with van der Waals surface area (Å²) in [5, 5.41) is 12.7. The van der Waals surface area contributed by atoms with Gasteiger partial charge in [0.1, 0.15) is 11.7 Å². The highest BCUT2D eigenvalue weighted by molar-refractivity contribution is 5.95. The van der Waals surface area contributed by atoms with Crippen molar-refractivity contribution in [3.63, 3.8) is 0 Å². The number of H-pyrrole nitrogens is 1. The highest BCUT2D eigenvalue weighted by atomic mass is 16.5. The number of amides is 2. The van der Waals surface area contributed by atoms with E-state index in [0.717, 1.165) is 18.4 Å². The van der Waals surface area contributed by atoms with Gasteiger partial charge in [0.25, 0.3) is 11.8 Å². The van der Waals surface area contributed by atoms with E-state index >= 15 is 0 Å². The molecule has 1 fully saturated rings. The summed E-state index contributed by atoms with van der Waals surface area (Å²) in [5.41, 5.74) is 2.37. The van der Waals surface area contributed by atoms with Gasteiger partial charge in [-0.25, -0.2) is 9.78 Å². The maximum Gasteiger partial charge on any atom is 0.328 e. The third kappa shape index (κ3) is 5.59. The Kier molecular flexibility index (Phi) is 6.99. The number of hydrogen-bond acceptors (Lipinski definition) is 7. The number of oxazole rings is 1. The van der Waals surface area contributed by atoms with E-state index < -0.39 is 17.9 Å². The molecule has 1 aromatic carbocycles. The quantitative estimate of drug-likeness (QED) is 0.401. The van der Waals surface area contributed by atoms with Gasteiger partial charge in [-0.3, -0.25) is 14.7 Å². The second kappa shape index (κ2) is 10.1. The maximum atomic E-state index is 12.6. The summed E-state index contributed by atoms with van der Waals surface area (Å²) < 4.78 is 10.4. The van der Waals surface area contributed by atoms with Crippen LogP contribution in [0.3, 0.4) is 0 Å². The van der Waals surface area contributed by atoms with Crippen LogP contribution in [0, 0.1) is 11.8 Å². The minimum atomic E-state index is -0.803. The molecule has 4 rings (SSSR count). The van der Waals surface area contributed by atoms with E-state index in [1.54, 1.807) is 26.0 Å². The number of nitrogens with zero attached hydrogens (tertiary/aromatic N) is 2. The van der Waals surface area contributed by atoms with Gasteiger partial charge in [0.05, 0.1) is 19.0 Å². The van der Waals surface area contributed by atoms with Crippen LogP contribution in [-0.4, -0.2) is 52.2 Å². The highest BCUT2D eigenvalue weighted by Crippen LogP contribution is 2.32. The van der Waals surface area contributed by atoms with Crippen LogP contribution in [0.25, 0.3) is 22.7 Å². The van der Waals surface area contributed by atoms with Crippen molar-refractivity contribution >= 4 is 17.8 Å². The van der Waals surface area contributed by atoms with Crippen molar-refractivity contribution in [3.05, 3.63) is 48.0 Å². The lowest BCUT2D eigenvalue weighted by Gasteiger charge is -2.18. The number of methoxy groups -OCH3 is 1. The molecule has 35 heavy (non-hydrogen) atoms. The molecule has 0 radical (unpaired) electrons. The third-order valence-electron chi connectivity index (χ3n) is 6.05. The highest BCUT2D eigenvalue weighted by Gasteiger charge is 2.29. The Hall–Kier alpha value is -3.95. The van der Waals surface area contributed by atoms with Crippen LogP contribution in [0.4, 0.5) is 0 Å². The number of carbonyl (C=O) groups is 3. The number of nitrogens with one attached hydrogen (secondary N) is 3. The summed E-state index contributed by atoms with van der Waals surface area (Å²) in [5.74, 6) is -0.673. The van der Waals surface area contributed by atoms with Gasteiger partial charge in [-0.1, -0.05) is 26.0 Å². The molecule has 10 nitrogen and oxygen atoms in total. The summed E-state index contributed by atoms with van der Waals surface area (Å²) in [7, 11) is 1.27. The van der Waals surface area contributed by atoms with Gasteiger partial charge >= 0.3 is 5.97 Å². The Bertz CT molecular complexity index is 1230. The van der Waals surface area contributed by atoms with Gasteiger partial charge in [-0.15, -0.1) is 0 Å². The largest absolute Gasteiger partial charge is 0.467 e. The fourth-order valence-corrected chi connectivity index (χ4v) is 3.75. The maximum absolute atomic E-state index is 12.6. The van der Waals surface area contributed by atoms with Crippen molar-refractivity contribution in [3.8, 4) is 22.7 Å². The molecule has 0 aliphatic heterocycles. The number of ether oxygens (including phenoxy) is 1. The molecule has 3 aromatic rings. The SMILES string of the molecule is COC(=O)[C@@H](NC(=O)c1cnc(-c2cccc(-c3cc(C(=O)N[C@H](C)C4CC4)[nH]n3)c2)o1)C(C)C. The summed E-state index contributed by atoms with van der Waals surface area (Å²) in [6.45, 7) is 5.62. The van der Waals surface area contributed by atoms with E-state index in [1.807, 2.05) is 25.1 Å². The van der Waals surface area contributed by atoms with Gasteiger partial charge in [0.2, 0.25) is 11.7 Å². The van der Waals surface area contributed by atoms with E-state index in [-0.39, 0.29) is 29.5 Å². The van der Waals surface area contributed by atoms with Crippen molar-refractivity contribution in [2.75, 3.05) is 7.11 Å². The smallest absolute Gasteiger partial charge is 0.328 e. The van der Waals surface area contributed by atoms with Crippen molar-refractivity contribution in [1.82, 2.24) is 25.8 Å². The molecule has 1 aliphatic rings. The van der Waals surface area contributed by atoms with Crippen LogP contribution in [0.15, 0.2) is 40.9 Å². The van der Waals surface area contributed by atoms with E-state index in [9.17, 15) is 14.4 Å². The predicted octanol–water partition coefficient (Wildman–Crippen LogP) is 3.19. The Morgan fingerprint density at radius 2 is 1.83 bits per heavy atom. The Morgan fingerprint density at radius 3 is 2.51 bits per heavy atom. The molecule has 3 N–H and O–H groups in total. The molecule has 2 aromatic heterocycles. The van der Waals surface area contributed by atoms with E-state index in [4.69, 9.17) is 9.15 Å². The molecule has 0 saturated heterocycles. The summed E-state index contributed by atoms with van der Waals surface area (Å²) in [6, 6.07) is 8.30. The number of aromatic nitrogens is 3. The summed E-state index contributed by atoms with van der Waals surface area (Å²) in [6.07, 6.45) is 3.61. The molecule has 2 heterocycles. The number of aromatic amines is 1. The molecular weight excluding hydrogens is 450 g/mol. The Balaban J connectivity index is 1.47. The van der Waals surface area contributed by atoms with E-state index in [1.165, 1.54) is 13.3 Å². The zero-order valence-corrected chi connectivity index (χ0v) is 20.1. The van der Waals surface area contributed by atoms with Crippen molar-refractivity contribution in [1.29, 1.82) is 0 Å². The third-order valence-corrected chi connectivity index (χ3v) is 6.05. The van der Waals surface area contributed by atoms with Crippen molar-refractivity contribution in [2.24, 2.45) is 11.8 Å². The van der Waals surface area contributed by atoms with Crippen molar-refractivity contribution in [2.45, 2.75) is 45.7 Å². The number of esters is 1. The number of hydrogen-bond donors (Lipinski definition) is 3. The molecule has 2 atom stereocenters. The van der Waals surface area contributed by atoms with Gasteiger partial charge in [-0.05, 0) is 49.8 Å². The topological polar surface area (TPSA) is 139 Å². The molecule has 10 heteroatoms. The van der Waals surface area contributed by atoms with Crippen LogP contribution in [0.1, 0.15) is 54.7 Å². The van der Waals surface area contributed by atoms with Crippen LogP contribution in [0.2, 0.25) is 0 Å². The van der Waals surface area contributed by atoms with Crippen LogP contribution >= 0.6 is 0 Å². The van der Waals surface area contributed by atoms with Crippen LogP contribution in [-0.2, 0) is 9.53 Å².